The van der Waals surface area contributed by atoms with E-state index >= 15 is 0 Å². The van der Waals surface area contributed by atoms with Crippen molar-refractivity contribution in [3.05, 3.63) is 47.5 Å². The number of amides is 2. The Morgan fingerprint density at radius 2 is 1.79 bits per heavy atom. The molecule has 2 aliphatic rings. The predicted molar refractivity (Wildman–Crippen MR) is 118 cm³/mol. The molecule has 1 atom stereocenters. The molecule has 0 spiro atoms. The first-order valence-electron chi connectivity index (χ1n) is 11.1. The zero-order valence-corrected chi connectivity index (χ0v) is 18.7. The zero-order chi connectivity index (χ0) is 22.9. The second-order valence-corrected chi connectivity index (χ2v) is 8.30. The molecular formula is C23H26N6O4. The molecule has 1 aromatic carbocycles. The Morgan fingerprint density at radius 3 is 2.58 bits per heavy atom. The van der Waals surface area contributed by atoms with Crippen LogP contribution in [0.25, 0.3) is 5.78 Å². The number of fused-ring (bicyclic) bond motifs is 2. The van der Waals surface area contributed by atoms with Crippen molar-refractivity contribution < 1.29 is 19.1 Å². The molecule has 5 rings (SSSR count). The fraction of sp³-hybridized carbons (Fsp3) is 0.435. The molecule has 0 radical (unpaired) electrons. The molecular weight excluding hydrogens is 424 g/mol. The Labute approximate surface area is 191 Å². The van der Waals surface area contributed by atoms with Gasteiger partial charge in [-0.1, -0.05) is 12.1 Å². The molecule has 0 aliphatic carbocycles. The van der Waals surface area contributed by atoms with Crippen LogP contribution >= 0.6 is 0 Å². The van der Waals surface area contributed by atoms with Crippen LogP contribution in [0.4, 0.5) is 0 Å². The molecule has 1 fully saturated rings. The van der Waals surface area contributed by atoms with E-state index in [0.717, 1.165) is 17.0 Å². The topological polar surface area (TPSA) is 102 Å². The Kier molecular flexibility index (Phi) is 5.57. The van der Waals surface area contributed by atoms with Gasteiger partial charge in [0, 0.05) is 44.0 Å². The molecule has 172 valence electrons. The van der Waals surface area contributed by atoms with E-state index in [1.165, 1.54) is 6.33 Å². The summed E-state index contributed by atoms with van der Waals surface area (Å²) in [7, 11) is 0. The third-order valence-corrected chi connectivity index (χ3v) is 6.31. The van der Waals surface area contributed by atoms with Crippen molar-refractivity contribution in [2.45, 2.75) is 32.8 Å². The van der Waals surface area contributed by atoms with Crippen LogP contribution in [0.5, 0.6) is 11.5 Å². The van der Waals surface area contributed by atoms with Crippen LogP contribution in [0.3, 0.4) is 0 Å². The monoisotopic (exact) mass is 450 g/mol. The van der Waals surface area contributed by atoms with Crippen LogP contribution in [-0.4, -0.2) is 80.1 Å². The van der Waals surface area contributed by atoms with E-state index in [9.17, 15) is 9.59 Å². The quantitative estimate of drug-likeness (QED) is 0.588. The smallest absolute Gasteiger partial charge is 0.267 e. The highest BCUT2D eigenvalue weighted by atomic mass is 16.6. The number of ether oxygens (including phenoxy) is 2. The van der Waals surface area contributed by atoms with Gasteiger partial charge in [-0.25, -0.2) is 9.50 Å². The summed E-state index contributed by atoms with van der Waals surface area (Å²) in [4.78, 5) is 37.9. The number of carbonyl (C=O) groups is 2. The van der Waals surface area contributed by atoms with Crippen LogP contribution < -0.4 is 9.47 Å². The summed E-state index contributed by atoms with van der Waals surface area (Å²) in [6.45, 7) is 6.07. The molecule has 0 bridgehead atoms. The lowest BCUT2D eigenvalue weighted by molar-refractivity contribution is -0.146. The molecule has 2 aliphatic heterocycles. The lowest BCUT2D eigenvalue weighted by Gasteiger charge is -2.37. The van der Waals surface area contributed by atoms with E-state index in [1.54, 1.807) is 15.5 Å². The van der Waals surface area contributed by atoms with E-state index in [2.05, 4.69) is 15.1 Å². The number of aromatic nitrogens is 4. The van der Waals surface area contributed by atoms with Gasteiger partial charge in [-0.05, 0) is 38.0 Å². The first kappa shape index (κ1) is 21.2. The summed E-state index contributed by atoms with van der Waals surface area (Å²) in [5.41, 5.74) is 2.84. The van der Waals surface area contributed by atoms with Crippen molar-refractivity contribution in [1.29, 1.82) is 0 Å². The molecule has 10 nitrogen and oxygen atoms in total. The van der Waals surface area contributed by atoms with Gasteiger partial charge < -0.3 is 19.3 Å². The number of benzene rings is 1. The van der Waals surface area contributed by atoms with Gasteiger partial charge in [-0.15, -0.1) is 0 Å². The number of carbonyl (C=O) groups excluding carboxylic acids is 2. The van der Waals surface area contributed by atoms with E-state index in [4.69, 9.17) is 9.47 Å². The average molecular weight is 450 g/mol. The van der Waals surface area contributed by atoms with Crippen molar-refractivity contribution in [3.8, 4) is 11.5 Å². The van der Waals surface area contributed by atoms with Gasteiger partial charge in [0.25, 0.3) is 11.7 Å². The van der Waals surface area contributed by atoms with Gasteiger partial charge in [0.05, 0.1) is 0 Å². The van der Waals surface area contributed by atoms with Gasteiger partial charge >= 0.3 is 0 Å². The Balaban J connectivity index is 1.15. The maximum absolute atomic E-state index is 12.9. The van der Waals surface area contributed by atoms with Crippen molar-refractivity contribution >= 4 is 17.6 Å². The van der Waals surface area contributed by atoms with Crippen molar-refractivity contribution in [1.82, 2.24) is 29.4 Å². The zero-order valence-electron chi connectivity index (χ0n) is 18.7. The number of rotatable bonds is 4. The lowest BCUT2D eigenvalue weighted by Crippen LogP contribution is -2.55. The highest BCUT2D eigenvalue weighted by Crippen LogP contribution is 2.31. The largest absolute Gasteiger partial charge is 0.485 e. The summed E-state index contributed by atoms with van der Waals surface area (Å²) >= 11 is 0. The maximum Gasteiger partial charge on any atom is 0.267 e. The minimum Gasteiger partial charge on any atom is -0.485 e. The fourth-order valence-electron chi connectivity index (χ4n) is 4.43. The second-order valence-electron chi connectivity index (χ2n) is 8.30. The van der Waals surface area contributed by atoms with Gasteiger partial charge in [-0.3, -0.25) is 9.59 Å². The van der Waals surface area contributed by atoms with Crippen LogP contribution in [0.15, 0.2) is 30.6 Å². The number of hydrogen-bond donors (Lipinski definition) is 0. The fourth-order valence-corrected chi connectivity index (χ4v) is 4.43. The second kappa shape index (κ2) is 8.68. The van der Waals surface area contributed by atoms with Gasteiger partial charge in [0.2, 0.25) is 12.0 Å². The molecule has 4 heterocycles. The minimum atomic E-state index is -0.660. The van der Waals surface area contributed by atoms with E-state index in [-0.39, 0.29) is 18.4 Å². The third-order valence-electron chi connectivity index (χ3n) is 6.31. The van der Waals surface area contributed by atoms with E-state index in [0.29, 0.717) is 56.3 Å². The highest BCUT2D eigenvalue weighted by Gasteiger charge is 2.33. The van der Waals surface area contributed by atoms with E-state index in [1.807, 2.05) is 36.9 Å². The SMILES string of the molecule is Cc1nc2ncnn2c(C)c1CCC(=O)N1CCN(C(=O)[C@H]2COc3ccccc3O2)CC1. The van der Waals surface area contributed by atoms with Crippen molar-refractivity contribution in [2.24, 2.45) is 0 Å². The molecule has 2 aromatic heterocycles. The molecule has 0 unspecified atom stereocenters. The first-order chi connectivity index (χ1) is 16.0. The maximum atomic E-state index is 12.9. The number of para-hydroxylation sites is 2. The third kappa shape index (κ3) is 4.08. The Bertz CT molecular complexity index is 1200. The minimum absolute atomic E-state index is 0.0748. The Morgan fingerprint density at radius 1 is 1.06 bits per heavy atom. The molecule has 10 heteroatoms. The normalized spacial score (nSPS) is 17.9. The number of hydrogen-bond acceptors (Lipinski definition) is 7. The standard InChI is InChI=1S/C23H26N6O4/c1-15-17(16(2)29-23(26-15)24-14-25-29)7-8-21(30)27-9-11-28(12-10-27)22(31)20-13-32-18-5-3-4-6-19(18)33-20/h3-6,14,20H,7-13H2,1-2H3/t20-/m1/s1. The summed E-state index contributed by atoms with van der Waals surface area (Å²) in [6, 6.07) is 7.34. The highest BCUT2D eigenvalue weighted by molar-refractivity contribution is 5.82. The Hall–Kier alpha value is -3.69. The van der Waals surface area contributed by atoms with E-state index < -0.39 is 6.10 Å². The number of piperazine rings is 1. The number of aryl methyl sites for hydroxylation is 2. The summed E-state index contributed by atoms with van der Waals surface area (Å²) < 4.78 is 13.2. The molecule has 3 aromatic rings. The molecule has 0 saturated carbocycles. The molecule has 33 heavy (non-hydrogen) atoms. The van der Waals surface area contributed by atoms with Crippen molar-refractivity contribution in [3.63, 3.8) is 0 Å². The molecule has 2 amide bonds. The van der Waals surface area contributed by atoms with Crippen LogP contribution in [0, 0.1) is 13.8 Å². The molecule has 0 N–H and O–H groups in total. The lowest BCUT2D eigenvalue weighted by atomic mass is 10.1. The first-order valence-corrected chi connectivity index (χ1v) is 11.1. The van der Waals surface area contributed by atoms with Gasteiger partial charge in [0.1, 0.15) is 12.9 Å². The summed E-state index contributed by atoms with van der Waals surface area (Å²) in [5, 5.41) is 4.20. The van der Waals surface area contributed by atoms with Gasteiger partial charge in [-0.2, -0.15) is 10.1 Å². The van der Waals surface area contributed by atoms with Crippen molar-refractivity contribution in [2.75, 3.05) is 32.8 Å². The summed E-state index contributed by atoms with van der Waals surface area (Å²) in [6.07, 6.45) is 1.79. The van der Waals surface area contributed by atoms with Crippen LogP contribution in [-0.2, 0) is 16.0 Å². The average Bonchev–Trinajstić information content (AvgIpc) is 3.31. The molecule has 1 saturated heterocycles. The number of nitrogens with zero attached hydrogens (tertiary/aromatic N) is 6. The van der Waals surface area contributed by atoms with Gasteiger partial charge in [0.15, 0.2) is 11.5 Å². The van der Waals surface area contributed by atoms with Crippen LogP contribution in [0.1, 0.15) is 23.4 Å². The predicted octanol–water partition coefficient (Wildman–Crippen LogP) is 1.18. The van der Waals surface area contributed by atoms with Crippen LogP contribution in [0.2, 0.25) is 0 Å². The summed E-state index contributed by atoms with van der Waals surface area (Å²) in [5.74, 6) is 1.78.